The highest BCUT2D eigenvalue weighted by molar-refractivity contribution is 5.77. The van der Waals surface area contributed by atoms with Gasteiger partial charge >= 0.3 is 0 Å². The fourth-order valence-electron chi connectivity index (χ4n) is 2.41. The lowest BCUT2D eigenvalue weighted by molar-refractivity contribution is -0.908. The lowest BCUT2D eigenvalue weighted by Crippen LogP contribution is -3.14. The summed E-state index contributed by atoms with van der Waals surface area (Å²) in [4.78, 5) is 13.3. The molecular weight excluding hydrogens is 284 g/mol. The molecular formula is C16H25N2O4+. The van der Waals surface area contributed by atoms with Crippen LogP contribution in [0, 0.1) is 0 Å². The molecule has 122 valence electrons. The molecule has 2 N–H and O–H groups in total. The Morgan fingerprint density at radius 1 is 1.27 bits per heavy atom. The first kappa shape index (κ1) is 16.6. The predicted octanol–water partition coefficient (Wildman–Crippen LogP) is -0.505. The maximum absolute atomic E-state index is 11.8. The third kappa shape index (κ3) is 5.54. The monoisotopic (exact) mass is 309 g/mol. The molecule has 1 aliphatic rings. The van der Waals surface area contributed by atoms with Crippen molar-refractivity contribution >= 4 is 5.91 Å². The van der Waals surface area contributed by atoms with E-state index in [0.29, 0.717) is 18.0 Å². The quantitative estimate of drug-likeness (QED) is 0.635. The molecule has 0 saturated carbocycles. The zero-order chi connectivity index (χ0) is 15.6. The molecule has 1 fully saturated rings. The van der Waals surface area contributed by atoms with E-state index in [0.717, 1.165) is 39.3 Å². The Labute approximate surface area is 131 Å². The number of nitrogens with one attached hydrogen (secondary N) is 2. The molecule has 1 aromatic carbocycles. The van der Waals surface area contributed by atoms with Gasteiger partial charge in [0, 0.05) is 13.0 Å². The molecule has 0 radical (unpaired) electrons. The average Bonchev–Trinajstić information content (AvgIpc) is 2.58. The maximum Gasteiger partial charge on any atom is 0.257 e. The first-order chi connectivity index (χ1) is 10.8. The standard InChI is InChI=1S/C16H24N2O4/c1-20-14-5-2-3-6-15(14)22-13-16(19)17-7-4-8-18-9-11-21-12-10-18/h2-3,5-6H,4,7-13H2,1H3,(H,17,19)/p+1. The number of rotatable bonds is 8. The Morgan fingerprint density at radius 3 is 2.73 bits per heavy atom. The third-order valence-corrected chi connectivity index (χ3v) is 3.66. The van der Waals surface area contributed by atoms with Crippen molar-refractivity contribution in [3.63, 3.8) is 0 Å². The van der Waals surface area contributed by atoms with Crippen molar-refractivity contribution in [3.8, 4) is 11.5 Å². The number of hydrogen-bond acceptors (Lipinski definition) is 4. The van der Waals surface area contributed by atoms with Gasteiger partial charge in [0.2, 0.25) is 0 Å². The summed E-state index contributed by atoms with van der Waals surface area (Å²) >= 11 is 0. The fraction of sp³-hybridized carbons (Fsp3) is 0.562. The van der Waals surface area contributed by atoms with Crippen LogP contribution in [-0.4, -0.2) is 59.0 Å². The zero-order valence-electron chi connectivity index (χ0n) is 13.1. The Hall–Kier alpha value is -1.79. The number of methoxy groups -OCH3 is 1. The number of para-hydroxylation sites is 2. The van der Waals surface area contributed by atoms with Crippen molar-refractivity contribution in [1.82, 2.24) is 5.32 Å². The van der Waals surface area contributed by atoms with Crippen LogP contribution in [0.5, 0.6) is 11.5 Å². The van der Waals surface area contributed by atoms with Crippen LogP contribution in [0.3, 0.4) is 0 Å². The normalized spacial score (nSPS) is 15.3. The van der Waals surface area contributed by atoms with Gasteiger partial charge in [0.05, 0.1) is 26.9 Å². The number of carbonyl (C=O) groups is 1. The Bertz CT molecular complexity index is 461. The van der Waals surface area contributed by atoms with Gasteiger partial charge in [-0.3, -0.25) is 4.79 Å². The molecule has 6 nitrogen and oxygen atoms in total. The molecule has 0 aliphatic carbocycles. The summed E-state index contributed by atoms with van der Waals surface area (Å²) in [5.74, 6) is 1.10. The van der Waals surface area contributed by atoms with Crippen molar-refractivity contribution in [2.45, 2.75) is 6.42 Å². The van der Waals surface area contributed by atoms with Gasteiger partial charge in [-0.1, -0.05) is 12.1 Å². The van der Waals surface area contributed by atoms with Crippen LogP contribution in [0.15, 0.2) is 24.3 Å². The minimum atomic E-state index is -0.108. The van der Waals surface area contributed by atoms with Crippen molar-refractivity contribution in [2.24, 2.45) is 0 Å². The van der Waals surface area contributed by atoms with E-state index >= 15 is 0 Å². The number of amides is 1. The first-order valence-electron chi connectivity index (χ1n) is 7.73. The van der Waals surface area contributed by atoms with Crippen molar-refractivity contribution in [2.75, 3.05) is 53.1 Å². The Morgan fingerprint density at radius 2 is 2.00 bits per heavy atom. The van der Waals surface area contributed by atoms with Gasteiger partial charge in [0.15, 0.2) is 18.1 Å². The molecule has 1 aliphatic heterocycles. The van der Waals surface area contributed by atoms with Gasteiger partial charge in [-0.05, 0) is 12.1 Å². The highest BCUT2D eigenvalue weighted by Gasteiger charge is 2.13. The molecule has 1 saturated heterocycles. The molecule has 1 amide bonds. The molecule has 6 heteroatoms. The number of hydrogen-bond donors (Lipinski definition) is 2. The van der Waals surface area contributed by atoms with Gasteiger partial charge in [-0.2, -0.15) is 0 Å². The number of benzene rings is 1. The van der Waals surface area contributed by atoms with E-state index in [-0.39, 0.29) is 12.5 Å². The number of morpholine rings is 1. The van der Waals surface area contributed by atoms with Gasteiger partial charge in [-0.25, -0.2) is 0 Å². The van der Waals surface area contributed by atoms with Crippen LogP contribution < -0.4 is 19.7 Å². The van der Waals surface area contributed by atoms with Gasteiger partial charge < -0.3 is 24.4 Å². The Kier molecular flexibility index (Phi) is 6.99. The van der Waals surface area contributed by atoms with E-state index in [4.69, 9.17) is 14.2 Å². The highest BCUT2D eigenvalue weighted by Crippen LogP contribution is 2.25. The van der Waals surface area contributed by atoms with E-state index in [9.17, 15) is 4.79 Å². The average molecular weight is 309 g/mol. The van der Waals surface area contributed by atoms with Crippen LogP contribution in [0.4, 0.5) is 0 Å². The van der Waals surface area contributed by atoms with E-state index in [2.05, 4.69) is 5.32 Å². The van der Waals surface area contributed by atoms with E-state index in [1.165, 1.54) is 0 Å². The second-order valence-corrected chi connectivity index (χ2v) is 5.26. The van der Waals surface area contributed by atoms with Crippen LogP contribution in [0.2, 0.25) is 0 Å². The number of carbonyl (C=O) groups excluding carboxylic acids is 1. The van der Waals surface area contributed by atoms with Crippen LogP contribution in [0.1, 0.15) is 6.42 Å². The summed E-state index contributed by atoms with van der Waals surface area (Å²) in [6, 6.07) is 7.30. The van der Waals surface area contributed by atoms with Gasteiger partial charge in [0.1, 0.15) is 13.1 Å². The first-order valence-corrected chi connectivity index (χ1v) is 7.73. The Balaban J connectivity index is 1.59. The second-order valence-electron chi connectivity index (χ2n) is 5.26. The SMILES string of the molecule is COc1ccccc1OCC(=O)NCCC[NH+]1CCOCC1. The van der Waals surface area contributed by atoms with Gasteiger partial charge in [0.25, 0.3) is 5.91 Å². The molecule has 0 aromatic heterocycles. The number of ether oxygens (including phenoxy) is 3. The fourth-order valence-corrected chi connectivity index (χ4v) is 2.41. The minimum Gasteiger partial charge on any atom is -0.493 e. The summed E-state index contributed by atoms with van der Waals surface area (Å²) in [6.45, 7) is 5.55. The second kappa shape index (κ2) is 9.27. The molecule has 0 bridgehead atoms. The lowest BCUT2D eigenvalue weighted by atomic mass is 10.3. The largest absolute Gasteiger partial charge is 0.493 e. The predicted molar refractivity (Wildman–Crippen MR) is 82.5 cm³/mol. The summed E-state index contributed by atoms with van der Waals surface area (Å²) in [5, 5.41) is 2.88. The molecule has 22 heavy (non-hydrogen) atoms. The molecule has 0 unspecified atom stereocenters. The van der Waals surface area contributed by atoms with Crippen molar-refractivity contribution < 1.29 is 23.9 Å². The summed E-state index contributed by atoms with van der Waals surface area (Å²) in [6.07, 6.45) is 0.968. The minimum absolute atomic E-state index is 0.00475. The maximum atomic E-state index is 11.8. The molecule has 1 heterocycles. The van der Waals surface area contributed by atoms with Crippen molar-refractivity contribution in [3.05, 3.63) is 24.3 Å². The van der Waals surface area contributed by atoms with Gasteiger partial charge in [-0.15, -0.1) is 0 Å². The van der Waals surface area contributed by atoms with E-state index < -0.39 is 0 Å². The summed E-state index contributed by atoms with van der Waals surface area (Å²) < 4.78 is 16.0. The van der Waals surface area contributed by atoms with Crippen LogP contribution in [0.25, 0.3) is 0 Å². The summed E-state index contributed by atoms with van der Waals surface area (Å²) in [5.41, 5.74) is 0. The molecule has 0 spiro atoms. The van der Waals surface area contributed by atoms with E-state index in [1.807, 2.05) is 12.1 Å². The van der Waals surface area contributed by atoms with Crippen LogP contribution in [-0.2, 0) is 9.53 Å². The summed E-state index contributed by atoms with van der Waals surface area (Å²) in [7, 11) is 1.58. The van der Waals surface area contributed by atoms with E-state index in [1.54, 1.807) is 24.1 Å². The van der Waals surface area contributed by atoms with Crippen molar-refractivity contribution in [1.29, 1.82) is 0 Å². The smallest absolute Gasteiger partial charge is 0.257 e. The topological polar surface area (TPSA) is 61.2 Å². The number of quaternary nitrogens is 1. The molecule has 1 aromatic rings. The molecule has 2 rings (SSSR count). The lowest BCUT2D eigenvalue weighted by Gasteiger charge is -2.23. The third-order valence-electron chi connectivity index (χ3n) is 3.66. The van der Waals surface area contributed by atoms with Crippen LogP contribution >= 0.6 is 0 Å². The zero-order valence-corrected chi connectivity index (χ0v) is 13.1. The highest BCUT2D eigenvalue weighted by atomic mass is 16.5. The molecule has 0 atom stereocenters.